The minimum absolute atomic E-state index is 0.540. The predicted octanol–water partition coefficient (Wildman–Crippen LogP) is 2.30. The van der Waals surface area contributed by atoms with Gasteiger partial charge in [0.05, 0.1) is 26.7 Å². The van der Waals surface area contributed by atoms with Crippen LogP contribution < -0.4 is 19.5 Å². The smallest absolute Gasteiger partial charge is 0.309 e. The van der Waals surface area contributed by atoms with Crippen molar-refractivity contribution in [3.63, 3.8) is 0 Å². The molecule has 0 unspecified atom stereocenters. The summed E-state index contributed by atoms with van der Waals surface area (Å²) in [7, 11) is 4.75. The quantitative estimate of drug-likeness (QED) is 0.682. The highest BCUT2D eigenvalue weighted by atomic mass is 16.5. The fourth-order valence-corrected chi connectivity index (χ4v) is 1.96. The largest absolute Gasteiger partial charge is 0.496 e. The molecule has 0 fully saturated rings. The fraction of sp³-hybridized carbons (Fsp3) is 0.562. The molecule has 0 saturated carbocycles. The second kappa shape index (κ2) is 7.89. The SMILES string of the molecule is COc1cc(OC)c(OC)cc1CNCCC(C)(C)C(=O)O. The van der Waals surface area contributed by atoms with Gasteiger partial charge in [-0.3, -0.25) is 4.79 Å². The molecule has 0 aliphatic heterocycles. The summed E-state index contributed by atoms with van der Waals surface area (Å²) in [5, 5.41) is 12.3. The Labute approximate surface area is 131 Å². The van der Waals surface area contributed by atoms with Crippen LogP contribution in [0.5, 0.6) is 17.2 Å². The molecule has 0 atom stereocenters. The summed E-state index contributed by atoms with van der Waals surface area (Å²) in [5.74, 6) is 1.14. The number of ether oxygens (including phenoxy) is 3. The number of nitrogens with one attached hydrogen (secondary N) is 1. The minimum Gasteiger partial charge on any atom is -0.496 e. The van der Waals surface area contributed by atoms with Crippen LogP contribution >= 0.6 is 0 Å². The molecular weight excluding hydrogens is 286 g/mol. The molecule has 0 heterocycles. The van der Waals surface area contributed by atoms with Gasteiger partial charge < -0.3 is 24.6 Å². The number of carbonyl (C=O) groups is 1. The van der Waals surface area contributed by atoms with Gasteiger partial charge in [-0.2, -0.15) is 0 Å². The first-order chi connectivity index (χ1) is 10.4. The first-order valence-corrected chi connectivity index (χ1v) is 7.08. The van der Waals surface area contributed by atoms with E-state index in [1.807, 2.05) is 6.07 Å². The van der Waals surface area contributed by atoms with Crippen molar-refractivity contribution >= 4 is 5.97 Å². The lowest BCUT2D eigenvalue weighted by atomic mass is 9.90. The van der Waals surface area contributed by atoms with E-state index in [9.17, 15) is 4.79 Å². The van der Waals surface area contributed by atoms with Crippen molar-refractivity contribution in [2.24, 2.45) is 5.41 Å². The molecule has 6 nitrogen and oxygen atoms in total. The summed E-state index contributed by atoms with van der Waals surface area (Å²) in [6.07, 6.45) is 0.540. The fourth-order valence-electron chi connectivity index (χ4n) is 1.96. The van der Waals surface area contributed by atoms with E-state index in [2.05, 4.69) is 5.32 Å². The van der Waals surface area contributed by atoms with Crippen LogP contribution in [0.1, 0.15) is 25.8 Å². The molecule has 0 amide bonds. The van der Waals surface area contributed by atoms with Crippen molar-refractivity contribution in [2.45, 2.75) is 26.8 Å². The maximum Gasteiger partial charge on any atom is 0.309 e. The third kappa shape index (κ3) is 4.53. The van der Waals surface area contributed by atoms with Gasteiger partial charge in [-0.05, 0) is 32.9 Å². The molecule has 0 aromatic heterocycles. The Bertz CT molecular complexity index is 514. The van der Waals surface area contributed by atoms with Crippen LogP contribution in [0.3, 0.4) is 0 Å². The van der Waals surface area contributed by atoms with E-state index < -0.39 is 11.4 Å². The van der Waals surface area contributed by atoms with Crippen LogP contribution in [0.15, 0.2) is 12.1 Å². The highest BCUT2D eigenvalue weighted by Gasteiger charge is 2.26. The number of carboxylic acids is 1. The zero-order chi connectivity index (χ0) is 16.8. The van der Waals surface area contributed by atoms with Gasteiger partial charge in [-0.25, -0.2) is 0 Å². The monoisotopic (exact) mass is 311 g/mol. The van der Waals surface area contributed by atoms with E-state index in [0.717, 1.165) is 5.56 Å². The van der Waals surface area contributed by atoms with Crippen molar-refractivity contribution in [1.29, 1.82) is 0 Å². The Kier molecular flexibility index (Phi) is 6.49. The van der Waals surface area contributed by atoms with Crippen LogP contribution in [-0.4, -0.2) is 38.9 Å². The van der Waals surface area contributed by atoms with Gasteiger partial charge in [-0.1, -0.05) is 0 Å². The lowest BCUT2D eigenvalue weighted by Crippen LogP contribution is -2.28. The first kappa shape index (κ1) is 18.1. The number of rotatable bonds is 9. The van der Waals surface area contributed by atoms with E-state index in [0.29, 0.717) is 36.8 Å². The number of hydrogen-bond donors (Lipinski definition) is 2. The average molecular weight is 311 g/mol. The van der Waals surface area contributed by atoms with Crippen molar-refractivity contribution in [3.05, 3.63) is 17.7 Å². The van der Waals surface area contributed by atoms with Crippen LogP contribution in [-0.2, 0) is 11.3 Å². The molecular formula is C16H25NO5. The van der Waals surface area contributed by atoms with Gasteiger partial charge in [0.1, 0.15) is 5.75 Å². The summed E-state index contributed by atoms with van der Waals surface area (Å²) in [5.41, 5.74) is 0.183. The Morgan fingerprint density at radius 2 is 1.64 bits per heavy atom. The summed E-state index contributed by atoms with van der Waals surface area (Å²) >= 11 is 0. The average Bonchev–Trinajstić information content (AvgIpc) is 2.50. The number of benzene rings is 1. The maximum absolute atomic E-state index is 11.1. The van der Waals surface area contributed by atoms with Gasteiger partial charge in [0.2, 0.25) is 0 Å². The summed E-state index contributed by atoms with van der Waals surface area (Å²) < 4.78 is 15.9. The Morgan fingerprint density at radius 3 is 2.14 bits per heavy atom. The van der Waals surface area contributed by atoms with Gasteiger partial charge in [0.25, 0.3) is 0 Å². The molecule has 22 heavy (non-hydrogen) atoms. The van der Waals surface area contributed by atoms with E-state index in [1.165, 1.54) is 0 Å². The van der Waals surface area contributed by atoms with Crippen molar-refractivity contribution < 1.29 is 24.1 Å². The third-order valence-electron chi connectivity index (χ3n) is 3.61. The van der Waals surface area contributed by atoms with Crippen molar-refractivity contribution in [3.8, 4) is 17.2 Å². The van der Waals surface area contributed by atoms with Crippen LogP contribution in [0.2, 0.25) is 0 Å². The maximum atomic E-state index is 11.1. The Hall–Kier alpha value is -1.95. The van der Waals surface area contributed by atoms with Crippen LogP contribution in [0, 0.1) is 5.41 Å². The topological polar surface area (TPSA) is 77.0 Å². The standard InChI is InChI=1S/C16H25NO5/c1-16(2,15(18)19)6-7-17-10-11-8-13(21-4)14(22-5)9-12(11)20-3/h8-9,17H,6-7,10H2,1-5H3,(H,18,19). The Balaban J connectivity index is 2.71. The van der Waals surface area contributed by atoms with Crippen LogP contribution in [0.4, 0.5) is 0 Å². The lowest BCUT2D eigenvalue weighted by molar-refractivity contribution is -0.147. The van der Waals surface area contributed by atoms with Gasteiger partial charge in [-0.15, -0.1) is 0 Å². The van der Waals surface area contributed by atoms with Gasteiger partial charge in [0, 0.05) is 18.2 Å². The molecule has 0 bridgehead atoms. The summed E-state index contributed by atoms with van der Waals surface area (Å²) in [6.45, 7) is 4.58. The number of methoxy groups -OCH3 is 3. The molecule has 1 rings (SSSR count). The van der Waals surface area contributed by atoms with Crippen molar-refractivity contribution in [2.75, 3.05) is 27.9 Å². The zero-order valence-electron chi connectivity index (χ0n) is 13.9. The lowest BCUT2D eigenvalue weighted by Gasteiger charge is -2.19. The normalized spacial score (nSPS) is 11.1. The highest BCUT2D eigenvalue weighted by Crippen LogP contribution is 2.34. The highest BCUT2D eigenvalue weighted by molar-refractivity contribution is 5.73. The van der Waals surface area contributed by atoms with E-state index >= 15 is 0 Å². The second-order valence-electron chi connectivity index (χ2n) is 5.63. The van der Waals surface area contributed by atoms with E-state index in [1.54, 1.807) is 41.2 Å². The molecule has 124 valence electrons. The van der Waals surface area contributed by atoms with E-state index in [-0.39, 0.29) is 0 Å². The third-order valence-corrected chi connectivity index (χ3v) is 3.61. The molecule has 6 heteroatoms. The molecule has 2 N–H and O–H groups in total. The number of aliphatic carboxylic acids is 1. The molecule has 1 aromatic carbocycles. The summed E-state index contributed by atoms with van der Waals surface area (Å²) in [6, 6.07) is 3.63. The van der Waals surface area contributed by atoms with Gasteiger partial charge in [0.15, 0.2) is 11.5 Å². The summed E-state index contributed by atoms with van der Waals surface area (Å²) in [4.78, 5) is 11.1. The molecule has 1 aromatic rings. The second-order valence-corrected chi connectivity index (χ2v) is 5.63. The molecule has 0 spiro atoms. The van der Waals surface area contributed by atoms with Gasteiger partial charge >= 0.3 is 5.97 Å². The zero-order valence-corrected chi connectivity index (χ0v) is 13.9. The predicted molar refractivity (Wildman–Crippen MR) is 83.8 cm³/mol. The Morgan fingerprint density at radius 1 is 1.09 bits per heavy atom. The number of carboxylic acid groups (broad SMARTS) is 1. The molecule has 0 aliphatic carbocycles. The molecule has 0 radical (unpaired) electrons. The van der Waals surface area contributed by atoms with Crippen molar-refractivity contribution in [1.82, 2.24) is 5.32 Å². The first-order valence-electron chi connectivity index (χ1n) is 7.08. The molecule has 0 aliphatic rings. The minimum atomic E-state index is -0.794. The number of hydrogen-bond acceptors (Lipinski definition) is 5. The molecule has 0 saturated heterocycles. The van der Waals surface area contributed by atoms with Crippen LogP contribution in [0.25, 0.3) is 0 Å². The van der Waals surface area contributed by atoms with E-state index in [4.69, 9.17) is 19.3 Å².